The van der Waals surface area contributed by atoms with E-state index >= 15 is 0 Å². The normalized spacial score (nSPS) is 12.9. The molecule has 0 amide bonds. The van der Waals surface area contributed by atoms with Gasteiger partial charge in [0.2, 0.25) is 5.95 Å². The molecule has 2 aromatic carbocycles. The number of benzene rings is 2. The number of aryl methyl sites for hydroxylation is 2. The van der Waals surface area contributed by atoms with Crippen LogP contribution in [-0.2, 0) is 30.8 Å². The summed E-state index contributed by atoms with van der Waals surface area (Å²) in [5.74, 6) is 1.06. The van der Waals surface area contributed by atoms with E-state index in [0.717, 1.165) is 36.0 Å². The van der Waals surface area contributed by atoms with Gasteiger partial charge in [0.1, 0.15) is 0 Å². The van der Waals surface area contributed by atoms with Gasteiger partial charge in [-0.3, -0.25) is 4.21 Å². The third-order valence-corrected chi connectivity index (χ3v) is 6.68. The number of aliphatic hydroxyl groups is 1. The Bertz CT molecular complexity index is 1340. The largest absolute Gasteiger partial charge is 0.755 e. The van der Waals surface area contributed by atoms with E-state index in [4.69, 9.17) is 4.98 Å². The van der Waals surface area contributed by atoms with Gasteiger partial charge < -0.3 is 29.6 Å². The topological polar surface area (TPSA) is 140 Å². The lowest BCUT2D eigenvalue weighted by atomic mass is 10.0. The minimum atomic E-state index is -2.36. The van der Waals surface area contributed by atoms with Crippen molar-refractivity contribution in [2.75, 3.05) is 22.0 Å². The van der Waals surface area contributed by atoms with Crippen LogP contribution in [0.5, 0.6) is 0 Å². The maximum atomic E-state index is 11.1. The van der Waals surface area contributed by atoms with Gasteiger partial charge in [-0.1, -0.05) is 49.4 Å². The molecule has 11 heteroatoms. The Morgan fingerprint density at radius 2 is 1.95 bits per heavy atom. The highest BCUT2D eigenvalue weighted by molar-refractivity contribution is 7.80. The molecule has 2 heterocycles. The van der Waals surface area contributed by atoms with Crippen LogP contribution in [0.25, 0.3) is 11.2 Å². The molecule has 196 valence electrons. The predicted octanol–water partition coefficient (Wildman–Crippen LogP) is 3.77. The lowest BCUT2D eigenvalue weighted by molar-refractivity contribution is 0.271. The number of hydrogen-bond acceptors (Lipinski definition) is 8. The number of rotatable bonds is 13. The van der Waals surface area contributed by atoms with Gasteiger partial charge in [-0.05, 0) is 48.9 Å². The van der Waals surface area contributed by atoms with E-state index in [1.54, 1.807) is 12.4 Å². The summed E-state index contributed by atoms with van der Waals surface area (Å²) < 4.78 is 26.6. The lowest BCUT2D eigenvalue weighted by Crippen LogP contribution is -2.24. The van der Waals surface area contributed by atoms with Crippen molar-refractivity contribution in [3.63, 3.8) is 0 Å². The lowest BCUT2D eigenvalue weighted by Gasteiger charge is -2.16. The molecular formula is C26H32N7O3S-. The van der Waals surface area contributed by atoms with Crippen molar-refractivity contribution < 1.29 is 13.9 Å². The standard InChI is InChI=1S/C26H33N7O3S/c1-3-21(16-34)29-26-30-24(27-15-19-9-5-4-6-10-19)23-25(31-26)33(17-28-23)14-8-12-20-11-7-13-22(18(20)2)32-37(35)36/h4-7,9-11,13,17,21,32,34H,3,8,12,14-16H2,1-2H3,(H,35,36)(H2,27,29,30,31)/p-1/t21-/m1/s1. The van der Waals surface area contributed by atoms with Crippen LogP contribution < -0.4 is 15.4 Å². The van der Waals surface area contributed by atoms with E-state index in [-0.39, 0.29) is 12.6 Å². The zero-order valence-electron chi connectivity index (χ0n) is 21.0. The first-order valence-corrected chi connectivity index (χ1v) is 13.4. The summed E-state index contributed by atoms with van der Waals surface area (Å²) in [5.41, 5.74) is 5.09. The summed E-state index contributed by atoms with van der Waals surface area (Å²) >= 11 is -2.36. The average Bonchev–Trinajstić information content (AvgIpc) is 3.31. The maximum Gasteiger partial charge on any atom is 0.227 e. The molecule has 37 heavy (non-hydrogen) atoms. The molecule has 0 fully saturated rings. The number of anilines is 3. The summed E-state index contributed by atoms with van der Waals surface area (Å²) in [7, 11) is 0. The van der Waals surface area contributed by atoms with E-state index in [1.165, 1.54) is 0 Å². The van der Waals surface area contributed by atoms with Crippen molar-refractivity contribution in [2.24, 2.45) is 0 Å². The number of aromatic nitrogens is 4. The molecule has 4 rings (SSSR count). The monoisotopic (exact) mass is 522 g/mol. The molecule has 2 aromatic heterocycles. The fourth-order valence-electron chi connectivity index (χ4n) is 4.13. The Kier molecular flexibility index (Phi) is 9.04. The fourth-order valence-corrected chi connectivity index (χ4v) is 4.53. The molecule has 10 nitrogen and oxygen atoms in total. The summed E-state index contributed by atoms with van der Waals surface area (Å²) in [4.78, 5) is 14.0. The predicted molar refractivity (Wildman–Crippen MR) is 146 cm³/mol. The number of nitrogens with one attached hydrogen (secondary N) is 3. The van der Waals surface area contributed by atoms with Gasteiger partial charge in [-0.2, -0.15) is 9.97 Å². The molecule has 0 aliphatic rings. The Morgan fingerprint density at radius 1 is 1.14 bits per heavy atom. The molecule has 0 aliphatic carbocycles. The highest BCUT2D eigenvalue weighted by Gasteiger charge is 2.16. The Labute approximate surface area is 219 Å². The second kappa shape index (κ2) is 12.6. The highest BCUT2D eigenvalue weighted by Crippen LogP contribution is 2.24. The van der Waals surface area contributed by atoms with Crippen LogP contribution in [0, 0.1) is 6.92 Å². The first-order valence-electron chi connectivity index (χ1n) is 12.3. The van der Waals surface area contributed by atoms with Gasteiger partial charge in [0.15, 0.2) is 17.0 Å². The molecule has 1 unspecified atom stereocenters. The van der Waals surface area contributed by atoms with Crippen LogP contribution >= 0.6 is 0 Å². The van der Waals surface area contributed by atoms with Gasteiger partial charge in [0, 0.05) is 30.0 Å². The fraction of sp³-hybridized carbons (Fsp3) is 0.346. The minimum absolute atomic E-state index is 0.0167. The van der Waals surface area contributed by atoms with Gasteiger partial charge in [0.05, 0.1) is 19.0 Å². The van der Waals surface area contributed by atoms with Gasteiger partial charge in [-0.15, -0.1) is 0 Å². The van der Waals surface area contributed by atoms with E-state index in [1.807, 2.05) is 60.9 Å². The maximum absolute atomic E-state index is 11.1. The highest BCUT2D eigenvalue weighted by atomic mass is 32.2. The number of hydrogen-bond donors (Lipinski definition) is 4. The van der Waals surface area contributed by atoms with Crippen LogP contribution in [0.2, 0.25) is 0 Å². The summed E-state index contributed by atoms with van der Waals surface area (Å²) in [6.45, 7) is 5.16. The molecule has 4 N–H and O–H groups in total. The first-order chi connectivity index (χ1) is 18.0. The number of nitrogens with zero attached hydrogens (tertiary/aromatic N) is 4. The summed E-state index contributed by atoms with van der Waals surface area (Å²) in [6.07, 6.45) is 4.08. The van der Waals surface area contributed by atoms with Crippen molar-refractivity contribution in [2.45, 2.75) is 52.2 Å². The molecular weight excluding hydrogens is 490 g/mol. The third-order valence-electron chi connectivity index (χ3n) is 6.30. The smallest absolute Gasteiger partial charge is 0.227 e. The number of imidazole rings is 1. The third kappa shape index (κ3) is 6.82. The van der Waals surface area contributed by atoms with E-state index < -0.39 is 11.3 Å². The Hall–Kier alpha value is -3.54. The van der Waals surface area contributed by atoms with Crippen LogP contribution in [-0.4, -0.2) is 46.0 Å². The van der Waals surface area contributed by atoms with Gasteiger partial charge in [0.25, 0.3) is 0 Å². The summed E-state index contributed by atoms with van der Waals surface area (Å²) in [5, 5.41) is 16.3. The number of fused-ring (bicyclic) bond motifs is 1. The SMILES string of the molecule is CC[C@H](CO)Nc1nc(NCc2ccccc2)c2ncn(CCCc3cccc(NS(=O)[O-])c3C)c2n1. The van der Waals surface area contributed by atoms with Crippen molar-refractivity contribution in [3.05, 3.63) is 71.5 Å². The molecule has 0 spiro atoms. The molecule has 0 bridgehead atoms. The van der Waals surface area contributed by atoms with Crippen LogP contribution in [0.4, 0.5) is 17.5 Å². The van der Waals surface area contributed by atoms with E-state index in [0.29, 0.717) is 41.7 Å². The molecule has 0 saturated heterocycles. The summed E-state index contributed by atoms with van der Waals surface area (Å²) in [6, 6.07) is 15.5. The second-order valence-corrected chi connectivity index (χ2v) is 9.48. The minimum Gasteiger partial charge on any atom is -0.755 e. The zero-order chi connectivity index (χ0) is 26.2. The molecule has 0 aliphatic heterocycles. The molecule has 0 radical (unpaired) electrons. The van der Waals surface area contributed by atoms with Crippen LogP contribution in [0.3, 0.4) is 0 Å². The van der Waals surface area contributed by atoms with Crippen molar-refractivity contribution in [1.82, 2.24) is 19.5 Å². The van der Waals surface area contributed by atoms with Crippen molar-refractivity contribution >= 4 is 39.9 Å². The van der Waals surface area contributed by atoms with Crippen LogP contribution in [0.15, 0.2) is 54.9 Å². The Balaban J connectivity index is 1.55. The van der Waals surface area contributed by atoms with E-state index in [2.05, 4.69) is 25.3 Å². The van der Waals surface area contributed by atoms with Crippen molar-refractivity contribution in [3.8, 4) is 0 Å². The second-order valence-electron chi connectivity index (χ2n) is 8.81. The van der Waals surface area contributed by atoms with E-state index in [9.17, 15) is 13.9 Å². The number of aliphatic hydroxyl groups excluding tert-OH is 1. The quantitative estimate of drug-likeness (QED) is 0.195. The zero-order valence-corrected chi connectivity index (χ0v) is 21.8. The van der Waals surface area contributed by atoms with Gasteiger partial charge in [-0.25, -0.2) is 4.98 Å². The van der Waals surface area contributed by atoms with Crippen LogP contribution in [0.1, 0.15) is 36.5 Å². The molecule has 4 aromatic rings. The van der Waals surface area contributed by atoms with Gasteiger partial charge >= 0.3 is 0 Å². The van der Waals surface area contributed by atoms with Crippen molar-refractivity contribution in [1.29, 1.82) is 0 Å². The average molecular weight is 523 g/mol. The molecule has 2 atom stereocenters. The molecule has 0 saturated carbocycles. The first kappa shape index (κ1) is 26.5. The Morgan fingerprint density at radius 3 is 2.68 bits per heavy atom.